The van der Waals surface area contributed by atoms with E-state index in [2.05, 4.69) is 31.6 Å². The van der Waals surface area contributed by atoms with E-state index in [1.54, 1.807) is 0 Å². The van der Waals surface area contributed by atoms with Gasteiger partial charge in [0.2, 0.25) is 0 Å². The van der Waals surface area contributed by atoms with Crippen molar-refractivity contribution in [3.05, 3.63) is 0 Å². The number of carboxylic acid groups (broad SMARTS) is 1. The van der Waals surface area contributed by atoms with Gasteiger partial charge in [-0.3, -0.25) is 15.6 Å². The summed E-state index contributed by atoms with van der Waals surface area (Å²) in [7, 11) is 1.93. The zero-order valence-corrected chi connectivity index (χ0v) is 20.2. The van der Waals surface area contributed by atoms with Gasteiger partial charge < -0.3 is 10.2 Å². The van der Waals surface area contributed by atoms with Gasteiger partial charge in [0.15, 0.2) is 0 Å². The van der Waals surface area contributed by atoms with Crippen LogP contribution >= 0.6 is 0 Å². The maximum Gasteiger partial charge on any atom is 0.303 e. The number of hydrogen-bond acceptors (Lipinski definition) is 4. The summed E-state index contributed by atoms with van der Waals surface area (Å²) in [4.78, 5) is 11.1. The molecule has 4 fully saturated rings. The smallest absolute Gasteiger partial charge is 0.303 e. The van der Waals surface area contributed by atoms with E-state index in [1.807, 2.05) is 7.05 Å². The fourth-order valence-corrected chi connectivity index (χ4v) is 9.34. The minimum absolute atomic E-state index is 0.158. The lowest BCUT2D eigenvalue weighted by molar-refractivity contribution is -0.165. The van der Waals surface area contributed by atoms with Crippen molar-refractivity contribution in [1.29, 1.82) is 0 Å². The van der Waals surface area contributed by atoms with E-state index in [-0.39, 0.29) is 11.5 Å². The zero-order chi connectivity index (χ0) is 22.4. The average molecular weight is 435 g/mol. The first-order chi connectivity index (χ1) is 14.7. The molecular weight excluding hydrogens is 388 g/mol. The van der Waals surface area contributed by atoms with Crippen LogP contribution in [0.5, 0.6) is 0 Å². The Morgan fingerprint density at radius 2 is 1.74 bits per heavy atom. The number of carboxylic acids is 1. The summed E-state index contributed by atoms with van der Waals surface area (Å²) in [6.45, 7) is 8.33. The number of hydrazine groups is 1. The van der Waals surface area contributed by atoms with E-state index >= 15 is 0 Å². The fraction of sp³-hybridized carbons (Fsp3) is 0.962. The van der Waals surface area contributed by atoms with Crippen LogP contribution in [-0.2, 0) is 4.79 Å². The molecule has 0 heterocycles. The summed E-state index contributed by atoms with van der Waals surface area (Å²) < 4.78 is 0. The first-order valence-corrected chi connectivity index (χ1v) is 13.0. The van der Waals surface area contributed by atoms with E-state index < -0.39 is 5.97 Å². The maximum atomic E-state index is 11.4. The molecule has 0 aliphatic heterocycles. The van der Waals surface area contributed by atoms with Crippen molar-refractivity contribution in [3.63, 3.8) is 0 Å². The second kappa shape index (κ2) is 8.95. The number of aliphatic hydroxyl groups is 1. The summed E-state index contributed by atoms with van der Waals surface area (Å²) in [5.74, 6) is 3.69. The van der Waals surface area contributed by atoms with Gasteiger partial charge in [0.05, 0.1) is 6.10 Å². The fourth-order valence-electron chi connectivity index (χ4n) is 9.34. The van der Waals surface area contributed by atoms with Crippen molar-refractivity contribution in [2.75, 3.05) is 13.6 Å². The van der Waals surface area contributed by atoms with Crippen molar-refractivity contribution in [2.45, 2.75) is 91.1 Å². The minimum Gasteiger partial charge on any atom is -0.481 e. The molecule has 4 N–H and O–H groups in total. The molecular formula is C26H46N2O3. The molecule has 4 unspecified atom stereocenters. The standard InChI is InChI=1S/C26H46N2O3/c1-16(5-8-24(30)31)19-6-7-20-18-14-23(29)22-13-17(15-28-27-4)9-11-26(22,3)21(18)10-12-25(19,20)2/h16-23,27-29H,5-15H2,1-4H3,(H,30,31)/t16?,17-,18?,19+,20?,21?,22+,23+,25+,26+/m0/s1. The Balaban J connectivity index is 1.49. The molecule has 4 aliphatic carbocycles. The van der Waals surface area contributed by atoms with E-state index in [0.29, 0.717) is 47.3 Å². The van der Waals surface area contributed by atoms with E-state index in [9.17, 15) is 9.90 Å². The van der Waals surface area contributed by atoms with Crippen molar-refractivity contribution in [3.8, 4) is 0 Å². The summed E-state index contributed by atoms with van der Waals surface area (Å²) in [6, 6.07) is 0. The number of nitrogens with one attached hydrogen (secondary N) is 2. The van der Waals surface area contributed by atoms with Crippen molar-refractivity contribution >= 4 is 5.97 Å². The van der Waals surface area contributed by atoms with Crippen molar-refractivity contribution < 1.29 is 15.0 Å². The molecule has 0 bridgehead atoms. The van der Waals surface area contributed by atoms with Gasteiger partial charge in [-0.25, -0.2) is 0 Å². The van der Waals surface area contributed by atoms with Gasteiger partial charge in [0.25, 0.3) is 0 Å². The lowest BCUT2D eigenvalue weighted by Crippen LogP contribution is -2.58. The maximum absolute atomic E-state index is 11.4. The number of rotatable bonds is 7. The molecule has 5 heteroatoms. The predicted molar refractivity (Wildman–Crippen MR) is 123 cm³/mol. The van der Waals surface area contributed by atoms with Crippen LogP contribution in [0.25, 0.3) is 0 Å². The molecule has 0 aromatic rings. The molecule has 178 valence electrons. The molecule has 0 spiro atoms. The molecule has 0 amide bonds. The van der Waals surface area contributed by atoms with Gasteiger partial charge in [-0.2, -0.15) is 0 Å². The van der Waals surface area contributed by atoms with Crippen LogP contribution in [0.1, 0.15) is 85.0 Å². The van der Waals surface area contributed by atoms with E-state index in [1.165, 1.54) is 38.5 Å². The zero-order valence-electron chi connectivity index (χ0n) is 20.2. The Morgan fingerprint density at radius 3 is 2.45 bits per heavy atom. The molecule has 0 radical (unpaired) electrons. The Hall–Kier alpha value is -0.650. The second-order valence-electron chi connectivity index (χ2n) is 12.2. The number of fused-ring (bicyclic) bond motifs is 5. The molecule has 5 nitrogen and oxygen atoms in total. The van der Waals surface area contributed by atoms with Gasteiger partial charge in [-0.15, -0.1) is 0 Å². The Kier molecular flexibility index (Phi) is 6.78. The van der Waals surface area contributed by atoms with Crippen LogP contribution in [0, 0.1) is 52.3 Å². The van der Waals surface area contributed by atoms with Gasteiger partial charge in [-0.05, 0) is 117 Å². The Morgan fingerprint density at radius 1 is 1.03 bits per heavy atom. The monoisotopic (exact) mass is 434 g/mol. The van der Waals surface area contributed by atoms with Crippen LogP contribution < -0.4 is 10.9 Å². The molecule has 10 atom stereocenters. The quantitative estimate of drug-likeness (QED) is 0.445. The molecule has 4 aliphatic rings. The number of hydrogen-bond donors (Lipinski definition) is 4. The van der Waals surface area contributed by atoms with Crippen LogP contribution in [0.3, 0.4) is 0 Å². The minimum atomic E-state index is -0.662. The number of aliphatic carboxylic acids is 1. The first kappa shape index (κ1) is 23.5. The molecule has 0 saturated heterocycles. The topological polar surface area (TPSA) is 81.6 Å². The van der Waals surface area contributed by atoms with Crippen LogP contribution in [0.15, 0.2) is 0 Å². The highest BCUT2D eigenvalue weighted by Crippen LogP contribution is 2.68. The van der Waals surface area contributed by atoms with Crippen molar-refractivity contribution in [1.82, 2.24) is 10.9 Å². The van der Waals surface area contributed by atoms with E-state index in [4.69, 9.17) is 5.11 Å². The van der Waals surface area contributed by atoms with Crippen molar-refractivity contribution in [2.24, 2.45) is 52.3 Å². The largest absolute Gasteiger partial charge is 0.481 e. The van der Waals surface area contributed by atoms with Gasteiger partial charge in [-0.1, -0.05) is 20.8 Å². The summed E-state index contributed by atoms with van der Waals surface area (Å²) in [5, 5.41) is 20.5. The lowest BCUT2D eigenvalue weighted by Gasteiger charge is -2.62. The third kappa shape index (κ3) is 4.08. The third-order valence-corrected chi connectivity index (χ3v) is 10.9. The Bertz CT molecular complexity index is 657. The number of carbonyl (C=O) groups is 1. The van der Waals surface area contributed by atoms with Gasteiger partial charge in [0, 0.05) is 13.0 Å². The molecule has 4 rings (SSSR count). The summed E-state index contributed by atoms with van der Waals surface area (Å²) in [6.07, 6.45) is 10.8. The normalized spacial score (nSPS) is 47.8. The highest BCUT2D eigenvalue weighted by Gasteiger charge is 2.62. The highest BCUT2D eigenvalue weighted by molar-refractivity contribution is 5.66. The SMILES string of the molecule is CNNC[C@H]1CC[C@]2(C)C3CC[C@@]4(C)C(CC[C@@H]4C(C)CCC(=O)O)C3C[C@@H](O)[C@H]2C1. The van der Waals surface area contributed by atoms with E-state index in [0.717, 1.165) is 31.7 Å². The first-order valence-electron chi connectivity index (χ1n) is 13.0. The molecule has 31 heavy (non-hydrogen) atoms. The number of aliphatic hydroxyl groups excluding tert-OH is 1. The summed E-state index contributed by atoms with van der Waals surface area (Å²) in [5.41, 5.74) is 6.98. The van der Waals surface area contributed by atoms with Crippen LogP contribution in [0.2, 0.25) is 0 Å². The lowest BCUT2D eigenvalue weighted by atomic mass is 9.43. The van der Waals surface area contributed by atoms with Crippen LogP contribution in [0.4, 0.5) is 0 Å². The third-order valence-electron chi connectivity index (χ3n) is 10.9. The molecule has 0 aromatic heterocycles. The average Bonchev–Trinajstić information content (AvgIpc) is 3.08. The van der Waals surface area contributed by atoms with Gasteiger partial charge in [0.1, 0.15) is 0 Å². The summed E-state index contributed by atoms with van der Waals surface area (Å²) >= 11 is 0. The van der Waals surface area contributed by atoms with Crippen LogP contribution in [-0.4, -0.2) is 35.9 Å². The molecule has 0 aromatic carbocycles. The highest BCUT2D eigenvalue weighted by atomic mass is 16.4. The van der Waals surface area contributed by atoms with Gasteiger partial charge >= 0.3 is 5.97 Å². The molecule has 4 saturated carbocycles. The predicted octanol–water partition coefficient (Wildman–Crippen LogP) is 4.46. The Labute approximate surface area is 189 Å². The second-order valence-corrected chi connectivity index (χ2v) is 12.2.